The van der Waals surface area contributed by atoms with E-state index in [4.69, 9.17) is 31.0 Å². The van der Waals surface area contributed by atoms with Crippen molar-refractivity contribution in [3.63, 3.8) is 0 Å². The van der Waals surface area contributed by atoms with Gasteiger partial charge in [0, 0.05) is 35.8 Å². The first-order valence-electron chi connectivity index (χ1n) is 10.1. The van der Waals surface area contributed by atoms with Crippen molar-refractivity contribution in [2.75, 3.05) is 31.1 Å². The molecule has 0 saturated carbocycles. The molecule has 0 bridgehead atoms. The largest absolute Gasteiger partial charge is 0.430 e. The Morgan fingerprint density at radius 2 is 1.67 bits per heavy atom. The van der Waals surface area contributed by atoms with Crippen molar-refractivity contribution < 1.29 is 4.42 Å². The van der Waals surface area contributed by atoms with Crippen LogP contribution in [0.3, 0.4) is 0 Å². The first kappa shape index (κ1) is 19.0. The maximum Gasteiger partial charge on any atom is 0.229 e. The number of oxazole rings is 1. The van der Waals surface area contributed by atoms with Crippen LogP contribution in [0.5, 0.6) is 0 Å². The highest BCUT2D eigenvalue weighted by Crippen LogP contribution is 2.32. The second kappa shape index (κ2) is 8.05. The van der Waals surface area contributed by atoms with E-state index in [1.807, 2.05) is 36.4 Å². The molecule has 5 rings (SSSR count). The van der Waals surface area contributed by atoms with Crippen LogP contribution >= 0.6 is 11.6 Å². The minimum atomic E-state index is 0.557. The Hall–Kier alpha value is -2.96. The molecule has 2 aromatic carbocycles. The summed E-state index contributed by atoms with van der Waals surface area (Å²) in [4.78, 5) is 16.6. The van der Waals surface area contributed by atoms with Gasteiger partial charge in [-0.2, -0.15) is 4.98 Å². The lowest BCUT2D eigenvalue weighted by Gasteiger charge is -2.21. The Labute approximate surface area is 179 Å². The monoisotopic (exact) mass is 419 g/mol. The minimum Gasteiger partial charge on any atom is -0.430 e. The number of anilines is 1. The van der Waals surface area contributed by atoms with Gasteiger partial charge in [-0.05, 0) is 56.3 Å². The van der Waals surface area contributed by atoms with Crippen LogP contribution in [0.1, 0.15) is 12.0 Å². The van der Waals surface area contributed by atoms with Crippen LogP contribution in [0.15, 0.2) is 52.9 Å². The number of rotatable bonds is 3. The molecular formula is C23H22ClN5O. The normalized spacial score (nSPS) is 14.8. The van der Waals surface area contributed by atoms with Crippen molar-refractivity contribution in [3.8, 4) is 22.8 Å². The summed E-state index contributed by atoms with van der Waals surface area (Å²) >= 11 is 6.06. The molecule has 152 valence electrons. The van der Waals surface area contributed by atoms with Crippen LogP contribution in [0.25, 0.3) is 34.1 Å². The van der Waals surface area contributed by atoms with Gasteiger partial charge >= 0.3 is 0 Å². The molecule has 1 fully saturated rings. The predicted molar refractivity (Wildman–Crippen MR) is 120 cm³/mol. The quantitative estimate of drug-likeness (QED) is 0.518. The van der Waals surface area contributed by atoms with Crippen LogP contribution < -0.4 is 10.2 Å². The molecule has 1 aliphatic rings. The van der Waals surface area contributed by atoms with Gasteiger partial charge in [-0.15, -0.1) is 0 Å². The fourth-order valence-corrected chi connectivity index (χ4v) is 3.76. The summed E-state index contributed by atoms with van der Waals surface area (Å²) in [7, 11) is 0. The lowest BCUT2D eigenvalue weighted by Crippen LogP contribution is -2.29. The minimum absolute atomic E-state index is 0.557. The molecule has 7 heteroatoms. The van der Waals surface area contributed by atoms with E-state index < -0.39 is 0 Å². The molecule has 0 amide bonds. The lowest BCUT2D eigenvalue weighted by atomic mass is 10.1. The molecule has 30 heavy (non-hydrogen) atoms. The van der Waals surface area contributed by atoms with E-state index in [1.54, 1.807) is 0 Å². The summed E-state index contributed by atoms with van der Waals surface area (Å²) in [5.74, 6) is 1.97. The first-order chi connectivity index (χ1) is 14.7. The molecule has 6 nitrogen and oxygen atoms in total. The molecule has 0 aliphatic carbocycles. The van der Waals surface area contributed by atoms with Crippen molar-refractivity contribution in [3.05, 3.63) is 59.1 Å². The number of hydrogen-bond acceptors (Lipinski definition) is 6. The van der Waals surface area contributed by atoms with Crippen LogP contribution in [0, 0.1) is 6.92 Å². The highest BCUT2D eigenvalue weighted by atomic mass is 35.5. The van der Waals surface area contributed by atoms with Crippen LogP contribution in [-0.4, -0.2) is 41.1 Å². The van der Waals surface area contributed by atoms with Crippen LogP contribution in [0.2, 0.25) is 5.02 Å². The number of hydrogen-bond donors (Lipinski definition) is 1. The predicted octanol–water partition coefficient (Wildman–Crippen LogP) is 4.71. The summed E-state index contributed by atoms with van der Waals surface area (Å²) in [6.07, 6.45) is 1.04. The van der Waals surface area contributed by atoms with Gasteiger partial charge in [0.05, 0.1) is 0 Å². The number of benzene rings is 2. The highest BCUT2D eigenvalue weighted by Gasteiger charge is 2.22. The molecule has 0 radical (unpaired) electrons. The van der Waals surface area contributed by atoms with Crippen LogP contribution in [0.4, 0.5) is 5.82 Å². The van der Waals surface area contributed by atoms with E-state index in [0.29, 0.717) is 28.0 Å². The Kier molecular flexibility index (Phi) is 5.11. The van der Waals surface area contributed by atoms with E-state index in [-0.39, 0.29) is 0 Å². The summed E-state index contributed by atoms with van der Waals surface area (Å²) in [6, 6.07) is 15.7. The van der Waals surface area contributed by atoms with E-state index >= 15 is 0 Å². The van der Waals surface area contributed by atoms with Gasteiger partial charge in [-0.3, -0.25) is 0 Å². The van der Waals surface area contributed by atoms with Crippen molar-refractivity contribution >= 4 is 28.6 Å². The Morgan fingerprint density at radius 1 is 0.900 bits per heavy atom. The first-order valence-corrected chi connectivity index (χ1v) is 10.5. The van der Waals surface area contributed by atoms with Crippen molar-refractivity contribution in [2.24, 2.45) is 0 Å². The fraction of sp³-hybridized carbons (Fsp3) is 0.261. The number of nitrogens with one attached hydrogen (secondary N) is 1. The molecule has 1 saturated heterocycles. The molecule has 0 atom stereocenters. The van der Waals surface area contributed by atoms with Crippen molar-refractivity contribution in [1.82, 2.24) is 20.3 Å². The van der Waals surface area contributed by atoms with Crippen LogP contribution in [-0.2, 0) is 0 Å². The summed E-state index contributed by atoms with van der Waals surface area (Å²) in [5, 5.41) is 4.12. The number of fused-ring (bicyclic) bond motifs is 1. The smallest absolute Gasteiger partial charge is 0.229 e. The van der Waals surface area contributed by atoms with Gasteiger partial charge in [0.1, 0.15) is 0 Å². The number of nitrogens with zero attached hydrogens (tertiary/aromatic N) is 4. The topological polar surface area (TPSA) is 67.1 Å². The zero-order valence-corrected chi connectivity index (χ0v) is 17.5. The molecular weight excluding hydrogens is 398 g/mol. The SMILES string of the molecule is Cc1ccc(-c2nc3nc(-c4ccc(Cl)cc4)nc(N4CCCNCC4)c3o2)cc1. The third-order valence-electron chi connectivity index (χ3n) is 5.28. The second-order valence-corrected chi connectivity index (χ2v) is 7.94. The third-order valence-corrected chi connectivity index (χ3v) is 5.53. The summed E-state index contributed by atoms with van der Waals surface area (Å²) < 4.78 is 6.21. The molecule has 4 aromatic rings. The maximum absolute atomic E-state index is 6.21. The highest BCUT2D eigenvalue weighted by molar-refractivity contribution is 6.30. The second-order valence-electron chi connectivity index (χ2n) is 7.51. The van der Waals surface area contributed by atoms with E-state index in [9.17, 15) is 0 Å². The van der Waals surface area contributed by atoms with Crippen molar-refractivity contribution in [1.29, 1.82) is 0 Å². The Bertz CT molecular complexity index is 1160. The summed E-state index contributed by atoms with van der Waals surface area (Å²) in [5.41, 5.74) is 4.21. The van der Waals surface area contributed by atoms with Gasteiger partial charge in [-0.25, -0.2) is 9.97 Å². The molecule has 1 N–H and O–H groups in total. The Balaban J connectivity index is 1.66. The number of aromatic nitrogens is 3. The number of halogens is 1. The van der Waals surface area contributed by atoms with Gasteiger partial charge < -0.3 is 14.6 Å². The molecule has 0 spiro atoms. The summed E-state index contributed by atoms with van der Waals surface area (Å²) in [6.45, 7) is 5.72. The standard InChI is InChI=1S/C23H22ClN5O/c1-15-3-5-17(6-4-15)23-28-21-19(30-23)22(29-13-2-11-25-12-14-29)27-20(26-21)16-7-9-18(24)10-8-16/h3-10,25H,2,11-14H2,1H3. The van der Waals surface area contributed by atoms with Gasteiger partial charge in [-0.1, -0.05) is 29.3 Å². The Morgan fingerprint density at radius 3 is 2.47 bits per heavy atom. The average molecular weight is 420 g/mol. The van der Waals surface area contributed by atoms with Gasteiger partial charge in [0.2, 0.25) is 17.1 Å². The number of aryl methyl sites for hydroxylation is 1. The zero-order valence-electron chi connectivity index (χ0n) is 16.7. The van der Waals surface area contributed by atoms with E-state index in [0.717, 1.165) is 49.5 Å². The third kappa shape index (κ3) is 3.76. The van der Waals surface area contributed by atoms with Crippen molar-refractivity contribution in [2.45, 2.75) is 13.3 Å². The van der Waals surface area contributed by atoms with E-state index in [1.165, 1.54) is 5.56 Å². The van der Waals surface area contributed by atoms with Gasteiger partial charge in [0.15, 0.2) is 11.6 Å². The zero-order chi connectivity index (χ0) is 20.5. The average Bonchev–Trinajstić information content (AvgIpc) is 3.00. The lowest BCUT2D eigenvalue weighted by molar-refractivity contribution is 0.615. The fourth-order valence-electron chi connectivity index (χ4n) is 3.63. The van der Waals surface area contributed by atoms with E-state index in [2.05, 4.69) is 29.3 Å². The molecule has 0 unspecified atom stereocenters. The van der Waals surface area contributed by atoms with Gasteiger partial charge in [0.25, 0.3) is 0 Å². The molecule has 2 aromatic heterocycles. The molecule has 1 aliphatic heterocycles. The molecule has 3 heterocycles. The maximum atomic E-state index is 6.21.